The number of hydrogen-bond acceptors (Lipinski definition) is 6. The molecule has 0 heterocycles. The highest BCUT2D eigenvalue weighted by molar-refractivity contribution is 5.71. The molecule has 0 amide bonds. The molecule has 0 rings (SSSR count). The lowest BCUT2D eigenvalue weighted by molar-refractivity contribution is -0.167. The number of carbonyl (C=O) groups is 3. The molecule has 0 spiro atoms. The van der Waals surface area contributed by atoms with E-state index in [1.54, 1.807) is 0 Å². The van der Waals surface area contributed by atoms with E-state index in [1.165, 1.54) is 250 Å². The van der Waals surface area contributed by atoms with E-state index in [9.17, 15) is 14.4 Å². The van der Waals surface area contributed by atoms with Crippen LogP contribution >= 0.6 is 0 Å². The minimum atomic E-state index is -0.779. The standard InChI is InChI=1S/C72H132O6/c1-4-7-10-13-16-19-22-25-28-30-32-34-36-38-40-42-44-47-50-53-56-59-62-65-71(74)77-68-69(67-76-70(73)64-61-58-55-52-49-46-27-24-21-18-15-12-9-6-3)78-72(75)66-63-60-57-54-51-48-45-43-41-39-37-35-33-31-29-26-23-20-17-14-11-8-5-2/h22,24-25,27,30,32,36,38,69H,4-21,23,26,28-29,31,33-35,37,39-68H2,1-3H3/b25-22-,27-24-,32-30-,38-36-. The Bertz CT molecular complexity index is 1350. The van der Waals surface area contributed by atoms with Gasteiger partial charge in [-0.2, -0.15) is 0 Å². The van der Waals surface area contributed by atoms with E-state index in [4.69, 9.17) is 14.2 Å². The van der Waals surface area contributed by atoms with Gasteiger partial charge in [-0.3, -0.25) is 14.4 Å². The number of ether oxygens (including phenoxy) is 3. The van der Waals surface area contributed by atoms with E-state index in [2.05, 4.69) is 69.4 Å². The van der Waals surface area contributed by atoms with Crippen molar-refractivity contribution < 1.29 is 28.6 Å². The van der Waals surface area contributed by atoms with Gasteiger partial charge < -0.3 is 14.2 Å². The van der Waals surface area contributed by atoms with Crippen molar-refractivity contribution >= 4 is 17.9 Å². The van der Waals surface area contributed by atoms with Crippen LogP contribution in [0.25, 0.3) is 0 Å². The Morgan fingerprint density at radius 2 is 0.462 bits per heavy atom. The monoisotopic (exact) mass is 1090 g/mol. The lowest BCUT2D eigenvalue weighted by Crippen LogP contribution is -2.30. The minimum Gasteiger partial charge on any atom is -0.462 e. The number of hydrogen-bond donors (Lipinski definition) is 0. The normalized spacial score (nSPS) is 12.3. The average Bonchev–Trinajstić information content (AvgIpc) is 3.44. The fourth-order valence-corrected chi connectivity index (χ4v) is 10.3. The van der Waals surface area contributed by atoms with Crippen LogP contribution in [-0.2, 0) is 28.6 Å². The van der Waals surface area contributed by atoms with Crippen molar-refractivity contribution in [2.75, 3.05) is 13.2 Å². The van der Waals surface area contributed by atoms with Crippen LogP contribution in [-0.4, -0.2) is 37.2 Å². The molecule has 456 valence electrons. The molecule has 78 heavy (non-hydrogen) atoms. The van der Waals surface area contributed by atoms with Crippen molar-refractivity contribution in [3.63, 3.8) is 0 Å². The first-order chi connectivity index (χ1) is 38.5. The molecule has 0 saturated carbocycles. The second-order valence-corrected chi connectivity index (χ2v) is 23.4. The van der Waals surface area contributed by atoms with Gasteiger partial charge >= 0.3 is 17.9 Å². The third kappa shape index (κ3) is 64.2. The first kappa shape index (κ1) is 75.4. The molecule has 0 aromatic heterocycles. The van der Waals surface area contributed by atoms with Gasteiger partial charge in [0.1, 0.15) is 13.2 Å². The van der Waals surface area contributed by atoms with Crippen LogP contribution in [0.2, 0.25) is 0 Å². The van der Waals surface area contributed by atoms with Gasteiger partial charge in [0.05, 0.1) is 0 Å². The summed E-state index contributed by atoms with van der Waals surface area (Å²) < 4.78 is 17.0. The molecule has 1 atom stereocenters. The maximum Gasteiger partial charge on any atom is 0.306 e. The largest absolute Gasteiger partial charge is 0.462 e. The van der Waals surface area contributed by atoms with E-state index in [-0.39, 0.29) is 31.1 Å². The number of rotatable bonds is 64. The molecule has 0 N–H and O–H groups in total. The SMILES string of the molecule is CCCCCCC/C=C\C/C=C\C/C=C\CCCCCCCCCCC(=O)OCC(COC(=O)CCCCCCC/C=C\CCCCCCC)OC(=O)CCCCCCCCCCCCCCCCCCCCCCCCC. The van der Waals surface area contributed by atoms with E-state index in [1.807, 2.05) is 0 Å². The molecule has 0 bridgehead atoms. The van der Waals surface area contributed by atoms with Gasteiger partial charge in [0.15, 0.2) is 6.10 Å². The summed E-state index contributed by atoms with van der Waals surface area (Å²) in [5, 5.41) is 0. The van der Waals surface area contributed by atoms with Crippen molar-refractivity contribution in [1.82, 2.24) is 0 Å². The quantitative estimate of drug-likeness (QED) is 0.0261. The lowest BCUT2D eigenvalue weighted by atomic mass is 10.0. The summed E-state index contributed by atoms with van der Waals surface area (Å²) in [7, 11) is 0. The van der Waals surface area contributed by atoms with Crippen LogP contribution in [0.1, 0.15) is 374 Å². The molecule has 0 aliphatic rings. The van der Waals surface area contributed by atoms with E-state index in [0.29, 0.717) is 19.3 Å². The van der Waals surface area contributed by atoms with Crippen LogP contribution in [0, 0.1) is 0 Å². The highest BCUT2D eigenvalue weighted by atomic mass is 16.6. The Morgan fingerprint density at radius 1 is 0.256 bits per heavy atom. The van der Waals surface area contributed by atoms with Crippen LogP contribution in [0.3, 0.4) is 0 Å². The zero-order valence-corrected chi connectivity index (χ0v) is 52.5. The molecule has 0 saturated heterocycles. The molecule has 0 radical (unpaired) electrons. The smallest absolute Gasteiger partial charge is 0.306 e. The lowest BCUT2D eigenvalue weighted by Gasteiger charge is -2.18. The highest BCUT2D eigenvalue weighted by Crippen LogP contribution is 2.18. The topological polar surface area (TPSA) is 78.9 Å². The predicted molar refractivity (Wildman–Crippen MR) is 339 cm³/mol. The summed E-state index contributed by atoms with van der Waals surface area (Å²) in [6.45, 7) is 6.67. The van der Waals surface area contributed by atoms with Gasteiger partial charge in [-0.05, 0) is 83.5 Å². The van der Waals surface area contributed by atoms with Gasteiger partial charge in [0.2, 0.25) is 0 Å². The van der Waals surface area contributed by atoms with Gasteiger partial charge in [-0.1, -0.05) is 320 Å². The highest BCUT2D eigenvalue weighted by Gasteiger charge is 2.19. The summed E-state index contributed by atoms with van der Waals surface area (Å²) in [5.41, 5.74) is 0. The summed E-state index contributed by atoms with van der Waals surface area (Å²) in [6, 6.07) is 0. The van der Waals surface area contributed by atoms with Crippen molar-refractivity contribution in [3.8, 4) is 0 Å². The van der Waals surface area contributed by atoms with Crippen molar-refractivity contribution in [3.05, 3.63) is 48.6 Å². The average molecular weight is 1090 g/mol. The van der Waals surface area contributed by atoms with Crippen molar-refractivity contribution in [2.24, 2.45) is 0 Å². The number of carbonyl (C=O) groups excluding carboxylic acids is 3. The van der Waals surface area contributed by atoms with Gasteiger partial charge in [0.25, 0.3) is 0 Å². The van der Waals surface area contributed by atoms with Crippen LogP contribution in [0.4, 0.5) is 0 Å². The third-order valence-corrected chi connectivity index (χ3v) is 15.6. The van der Waals surface area contributed by atoms with Crippen LogP contribution in [0.5, 0.6) is 0 Å². The predicted octanol–water partition coefficient (Wildman–Crippen LogP) is 23.7. The number of unbranched alkanes of at least 4 members (excludes halogenated alkanes) is 45. The van der Waals surface area contributed by atoms with Gasteiger partial charge in [0, 0.05) is 19.3 Å². The second-order valence-electron chi connectivity index (χ2n) is 23.4. The number of allylic oxidation sites excluding steroid dienone is 8. The molecule has 1 unspecified atom stereocenters. The van der Waals surface area contributed by atoms with Crippen LogP contribution < -0.4 is 0 Å². The van der Waals surface area contributed by atoms with E-state index >= 15 is 0 Å². The van der Waals surface area contributed by atoms with E-state index in [0.717, 1.165) is 83.5 Å². The second kappa shape index (κ2) is 66.9. The molecule has 0 fully saturated rings. The zero-order valence-electron chi connectivity index (χ0n) is 52.5. The van der Waals surface area contributed by atoms with Crippen LogP contribution in [0.15, 0.2) is 48.6 Å². The zero-order chi connectivity index (χ0) is 56.4. The Labute approximate surface area is 486 Å². The van der Waals surface area contributed by atoms with Crippen molar-refractivity contribution in [1.29, 1.82) is 0 Å². The summed E-state index contributed by atoms with van der Waals surface area (Å²) in [4.78, 5) is 38.4. The Kier molecular flexibility index (Phi) is 64.6. The first-order valence-electron chi connectivity index (χ1n) is 34.6. The Hall–Kier alpha value is -2.63. The first-order valence-corrected chi connectivity index (χ1v) is 34.6. The summed E-state index contributed by atoms with van der Waals surface area (Å²) in [5.74, 6) is -0.866. The molecule has 6 heteroatoms. The fourth-order valence-electron chi connectivity index (χ4n) is 10.3. The molecule has 6 nitrogen and oxygen atoms in total. The molecule has 0 aliphatic carbocycles. The Balaban J connectivity index is 4.30. The fraction of sp³-hybridized carbons (Fsp3) is 0.847. The molecular formula is C72H132O6. The summed E-state index contributed by atoms with van der Waals surface area (Å²) >= 11 is 0. The van der Waals surface area contributed by atoms with E-state index < -0.39 is 6.10 Å². The maximum atomic E-state index is 12.9. The maximum absolute atomic E-state index is 12.9. The van der Waals surface area contributed by atoms with Gasteiger partial charge in [-0.25, -0.2) is 0 Å². The molecule has 0 aromatic rings. The Morgan fingerprint density at radius 3 is 0.731 bits per heavy atom. The van der Waals surface area contributed by atoms with Gasteiger partial charge in [-0.15, -0.1) is 0 Å². The minimum absolute atomic E-state index is 0.0760. The third-order valence-electron chi connectivity index (χ3n) is 15.6. The number of esters is 3. The summed E-state index contributed by atoms with van der Waals surface area (Å²) in [6.07, 6.45) is 84.2. The molecule has 0 aliphatic heterocycles. The molecular weight excluding hydrogens is 961 g/mol. The molecule has 0 aromatic carbocycles. The van der Waals surface area contributed by atoms with Crippen molar-refractivity contribution in [2.45, 2.75) is 380 Å².